The van der Waals surface area contributed by atoms with Gasteiger partial charge in [-0.3, -0.25) is 4.79 Å². The number of benzene rings is 1. The number of fused-ring (bicyclic) bond motifs is 1. The average Bonchev–Trinajstić information content (AvgIpc) is 3.42. The first-order chi connectivity index (χ1) is 15.2. The van der Waals surface area contributed by atoms with Crippen molar-refractivity contribution in [3.8, 4) is 16.6 Å². The zero-order chi connectivity index (χ0) is 23.0. The van der Waals surface area contributed by atoms with Crippen molar-refractivity contribution in [2.75, 3.05) is 20.3 Å². The number of hydrogen-bond donors (Lipinski definition) is 0. The minimum absolute atomic E-state index is 0.0513. The highest BCUT2D eigenvalue weighted by Crippen LogP contribution is 2.37. The Labute approximate surface area is 191 Å². The second-order valence-corrected chi connectivity index (χ2v) is 10.0. The van der Waals surface area contributed by atoms with Crippen LogP contribution in [0.3, 0.4) is 0 Å². The Morgan fingerprint density at radius 3 is 2.62 bits per heavy atom. The lowest BCUT2D eigenvalue weighted by Gasteiger charge is -2.28. The zero-order valence-electron chi connectivity index (χ0n) is 18.6. The van der Waals surface area contributed by atoms with Crippen LogP contribution in [0.4, 0.5) is 4.79 Å². The van der Waals surface area contributed by atoms with Gasteiger partial charge in [-0.15, -0.1) is 11.3 Å². The Balaban J connectivity index is 1.49. The molecule has 1 aromatic carbocycles. The summed E-state index contributed by atoms with van der Waals surface area (Å²) in [6.07, 6.45) is 0.251. The van der Waals surface area contributed by atoms with Crippen molar-refractivity contribution in [1.82, 2.24) is 14.8 Å². The van der Waals surface area contributed by atoms with Gasteiger partial charge in [0.05, 0.1) is 42.6 Å². The smallest absolute Gasteiger partial charge is 0.410 e. The summed E-state index contributed by atoms with van der Waals surface area (Å²) in [6, 6.07) is 9.03. The number of nitriles is 1. The predicted octanol–water partition coefficient (Wildman–Crippen LogP) is 3.66. The lowest BCUT2D eigenvalue weighted by atomic mass is 10.1. The Morgan fingerprint density at radius 1 is 1.31 bits per heavy atom. The highest BCUT2D eigenvalue weighted by atomic mass is 32.1. The van der Waals surface area contributed by atoms with E-state index in [0.29, 0.717) is 36.6 Å². The molecule has 1 saturated heterocycles. The average molecular weight is 455 g/mol. The molecule has 2 aliphatic heterocycles. The molecule has 0 saturated carbocycles. The molecule has 8 nitrogen and oxygen atoms in total. The first-order valence-corrected chi connectivity index (χ1v) is 11.3. The van der Waals surface area contributed by atoms with Crippen molar-refractivity contribution in [1.29, 1.82) is 5.26 Å². The van der Waals surface area contributed by atoms with Crippen LogP contribution in [0, 0.1) is 11.3 Å². The number of likely N-dealkylation sites (tertiary alicyclic amines) is 1. The third-order valence-corrected chi connectivity index (χ3v) is 6.69. The molecule has 168 valence electrons. The van der Waals surface area contributed by atoms with Crippen LogP contribution in [-0.4, -0.2) is 64.7 Å². The minimum atomic E-state index is -0.591. The Kier molecular flexibility index (Phi) is 5.93. The molecule has 1 fully saturated rings. The fourth-order valence-electron chi connectivity index (χ4n) is 4.11. The molecule has 1 aromatic heterocycles. The maximum absolute atomic E-state index is 13.2. The SMILES string of the molecule is COC[C@@H]1C[C@@H](N2Cc3nc(-c4ccc(C#N)cc4)sc3C2=O)CN1C(=O)OC(C)(C)C. The number of thiazole rings is 1. The summed E-state index contributed by atoms with van der Waals surface area (Å²) in [4.78, 5) is 34.7. The first kappa shape index (κ1) is 22.2. The first-order valence-electron chi connectivity index (χ1n) is 10.5. The standard InChI is InChI=1S/C23H26N4O4S/c1-23(2,3)31-22(29)27-11-16(9-17(27)13-30-4)26-12-18-19(21(26)28)32-20(25-18)15-7-5-14(10-24)6-8-15/h5-8,16-17H,9,11-13H2,1-4H3/t16-,17+/m1/s1. The predicted molar refractivity (Wildman–Crippen MR) is 119 cm³/mol. The van der Waals surface area contributed by atoms with Crippen molar-refractivity contribution >= 4 is 23.3 Å². The van der Waals surface area contributed by atoms with Gasteiger partial charge in [0.1, 0.15) is 15.5 Å². The molecule has 2 amide bonds. The normalized spacial score (nSPS) is 20.4. The number of amides is 2. The molecule has 4 rings (SSSR count). The number of carbonyl (C=O) groups excluding carboxylic acids is 2. The monoisotopic (exact) mass is 454 g/mol. The third kappa shape index (κ3) is 4.33. The number of hydrogen-bond acceptors (Lipinski definition) is 7. The lowest BCUT2D eigenvalue weighted by molar-refractivity contribution is 0.0140. The second-order valence-electron chi connectivity index (χ2n) is 9.05. The summed E-state index contributed by atoms with van der Waals surface area (Å²) in [6.45, 7) is 6.73. The molecule has 0 aliphatic carbocycles. The van der Waals surface area contributed by atoms with Crippen molar-refractivity contribution < 1.29 is 19.1 Å². The maximum Gasteiger partial charge on any atom is 0.410 e. The van der Waals surface area contributed by atoms with E-state index in [2.05, 4.69) is 11.1 Å². The van der Waals surface area contributed by atoms with E-state index in [0.717, 1.165) is 16.3 Å². The Bertz CT molecular complexity index is 1070. The van der Waals surface area contributed by atoms with Gasteiger partial charge in [0.2, 0.25) is 0 Å². The molecule has 0 bridgehead atoms. The molecule has 0 spiro atoms. The van der Waals surface area contributed by atoms with E-state index in [1.165, 1.54) is 11.3 Å². The van der Waals surface area contributed by atoms with E-state index in [1.54, 1.807) is 24.1 Å². The Morgan fingerprint density at radius 2 is 2.03 bits per heavy atom. The van der Waals surface area contributed by atoms with E-state index < -0.39 is 5.60 Å². The van der Waals surface area contributed by atoms with Gasteiger partial charge in [0, 0.05) is 19.2 Å². The largest absolute Gasteiger partial charge is 0.444 e. The molecular formula is C23H26N4O4S. The summed E-state index contributed by atoms with van der Waals surface area (Å²) >= 11 is 1.37. The van der Waals surface area contributed by atoms with Gasteiger partial charge in [-0.05, 0) is 39.3 Å². The fraction of sp³-hybridized carbons (Fsp3) is 0.478. The maximum atomic E-state index is 13.2. The van der Waals surface area contributed by atoms with Crippen LogP contribution >= 0.6 is 11.3 Å². The van der Waals surface area contributed by atoms with Gasteiger partial charge >= 0.3 is 6.09 Å². The van der Waals surface area contributed by atoms with Gasteiger partial charge < -0.3 is 19.3 Å². The van der Waals surface area contributed by atoms with Gasteiger partial charge in [-0.1, -0.05) is 12.1 Å². The van der Waals surface area contributed by atoms with Gasteiger partial charge in [0.25, 0.3) is 5.91 Å². The van der Waals surface area contributed by atoms with Crippen molar-refractivity contribution in [3.05, 3.63) is 40.4 Å². The van der Waals surface area contributed by atoms with Gasteiger partial charge in [0.15, 0.2) is 0 Å². The number of carbonyl (C=O) groups is 2. The molecule has 2 atom stereocenters. The fourth-order valence-corrected chi connectivity index (χ4v) is 5.14. The summed E-state index contributed by atoms with van der Waals surface area (Å²) in [7, 11) is 1.60. The number of nitrogens with zero attached hydrogens (tertiary/aromatic N) is 4. The van der Waals surface area contributed by atoms with Gasteiger partial charge in [-0.2, -0.15) is 5.26 Å². The van der Waals surface area contributed by atoms with E-state index >= 15 is 0 Å². The minimum Gasteiger partial charge on any atom is -0.444 e. The molecule has 0 unspecified atom stereocenters. The molecule has 3 heterocycles. The Hall–Kier alpha value is -2.96. The molecule has 0 N–H and O–H groups in total. The molecule has 0 radical (unpaired) electrons. The van der Waals surface area contributed by atoms with E-state index in [9.17, 15) is 9.59 Å². The van der Waals surface area contributed by atoms with E-state index in [1.807, 2.05) is 37.8 Å². The van der Waals surface area contributed by atoms with Crippen molar-refractivity contribution in [3.63, 3.8) is 0 Å². The molecular weight excluding hydrogens is 428 g/mol. The van der Waals surface area contributed by atoms with Crippen LogP contribution in [0.25, 0.3) is 10.6 Å². The van der Waals surface area contributed by atoms with Crippen LogP contribution in [0.5, 0.6) is 0 Å². The highest BCUT2D eigenvalue weighted by molar-refractivity contribution is 7.17. The lowest BCUT2D eigenvalue weighted by Crippen LogP contribution is -2.43. The quantitative estimate of drug-likeness (QED) is 0.700. The van der Waals surface area contributed by atoms with Crippen LogP contribution in [-0.2, 0) is 16.0 Å². The van der Waals surface area contributed by atoms with E-state index in [4.69, 9.17) is 14.7 Å². The number of methoxy groups -OCH3 is 1. The topological polar surface area (TPSA) is 95.8 Å². The molecule has 32 heavy (non-hydrogen) atoms. The second kappa shape index (κ2) is 8.52. The summed E-state index contributed by atoms with van der Waals surface area (Å²) in [5, 5.41) is 9.74. The summed E-state index contributed by atoms with van der Waals surface area (Å²) < 4.78 is 10.9. The zero-order valence-corrected chi connectivity index (χ0v) is 19.4. The molecule has 2 aromatic rings. The number of rotatable bonds is 4. The van der Waals surface area contributed by atoms with Crippen LogP contribution in [0.1, 0.15) is 48.1 Å². The van der Waals surface area contributed by atoms with E-state index in [-0.39, 0.29) is 24.1 Å². The van der Waals surface area contributed by atoms with Crippen LogP contribution in [0.15, 0.2) is 24.3 Å². The number of aromatic nitrogens is 1. The van der Waals surface area contributed by atoms with Crippen molar-refractivity contribution in [2.24, 2.45) is 0 Å². The summed E-state index contributed by atoms with van der Waals surface area (Å²) in [5.74, 6) is -0.0513. The van der Waals surface area contributed by atoms with Gasteiger partial charge in [-0.25, -0.2) is 9.78 Å². The highest BCUT2D eigenvalue weighted by Gasteiger charge is 2.44. The van der Waals surface area contributed by atoms with Crippen LogP contribution in [0.2, 0.25) is 0 Å². The molecule has 9 heteroatoms. The van der Waals surface area contributed by atoms with Crippen LogP contribution < -0.4 is 0 Å². The number of ether oxygens (including phenoxy) is 2. The summed E-state index contributed by atoms with van der Waals surface area (Å²) in [5.41, 5.74) is 1.64. The van der Waals surface area contributed by atoms with Crippen molar-refractivity contribution in [2.45, 2.75) is 51.4 Å². The third-order valence-electron chi connectivity index (χ3n) is 5.55. The molecule has 2 aliphatic rings.